The second-order valence-corrected chi connectivity index (χ2v) is 4.07. The van der Waals surface area contributed by atoms with Gasteiger partial charge in [0.15, 0.2) is 0 Å². The van der Waals surface area contributed by atoms with Crippen LogP contribution in [0.5, 0.6) is 0 Å². The van der Waals surface area contributed by atoms with Crippen molar-refractivity contribution in [2.45, 2.75) is 19.4 Å². The summed E-state index contributed by atoms with van der Waals surface area (Å²) in [6.45, 7) is 2.79. The highest BCUT2D eigenvalue weighted by Crippen LogP contribution is 2.20. The van der Waals surface area contributed by atoms with Gasteiger partial charge < -0.3 is 5.32 Å². The summed E-state index contributed by atoms with van der Waals surface area (Å²) in [6, 6.07) is 5.55. The highest BCUT2D eigenvalue weighted by molar-refractivity contribution is 5.21. The normalized spacial score (nSPS) is 12.3. The maximum Gasteiger partial charge on any atom is 0.146 e. The number of halogens is 1. The van der Waals surface area contributed by atoms with Crippen molar-refractivity contribution >= 4 is 0 Å². The van der Waals surface area contributed by atoms with Crippen molar-refractivity contribution in [3.8, 4) is 0 Å². The molecule has 0 aromatic carbocycles. The van der Waals surface area contributed by atoms with Gasteiger partial charge in [-0.1, -0.05) is 13.0 Å². The van der Waals surface area contributed by atoms with E-state index < -0.39 is 0 Å². The van der Waals surface area contributed by atoms with Crippen molar-refractivity contribution in [1.82, 2.24) is 15.3 Å². The lowest BCUT2D eigenvalue weighted by atomic mass is 10.0. The van der Waals surface area contributed by atoms with Gasteiger partial charge in [-0.3, -0.25) is 9.97 Å². The van der Waals surface area contributed by atoms with Crippen molar-refractivity contribution < 1.29 is 4.39 Å². The summed E-state index contributed by atoms with van der Waals surface area (Å²) in [5, 5.41) is 3.29. The minimum Gasteiger partial charge on any atom is -0.310 e. The van der Waals surface area contributed by atoms with E-state index >= 15 is 0 Å². The summed E-state index contributed by atoms with van der Waals surface area (Å²) >= 11 is 0. The first kappa shape index (κ1) is 12.6. The van der Waals surface area contributed by atoms with Crippen LogP contribution in [-0.4, -0.2) is 16.5 Å². The van der Waals surface area contributed by atoms with E-state index in [-0.39, 0.29) is 11.9 Å². The molecule has 18 heavy (non-hydrogen) atoms. The third-order valence-electron chi connectivity index (χ3n) is 2.79. The predicted molar refractivity (Wildman–Crippen MR) is 68.6 cm³/mol. The van der Waals surface area contributed by atoms with Crippen LogP contribution in [0.1, 0.15) is 24.1 Å². The molecule has 1 N–H and O–H groups in total. The van der Waals surface area contributed by atoms with Gasteiger partial charge in [-0.2, -0.15) is 0 Å². The van der Waals surface area contributed by atoms with Gasteiger partial charge in [0.2, 0.25) is 0 Å². The average Bonchev–Trinajstić information content (AvgIpc) is 2.40. The second kappa shape index (κ2) is 6.21. The highest BCUT2D eigenvalue weighted by atomic mass is 19.1. The molecule has 4 heteroatoms. The Labute approximate surface area is 106 Å². The Balaban J connectivity index is 2.21. The third-order valence-corrected chi connectivity index (χ3v) is 2.79. The largest absolute Gasteiger partial charge is 0.310 e. The highest BCUT2D eigenvalue weighted by Gasteiger charge is 2.15. The number of pyridine rings is 2. The Bertz CT molecular complexity index is 487. The van der Waals surface area contributed by atoms with Gasteiger partial charge in [0.05, 0.1) is 6.20 Å². The van der Waals surface area contributed by atoms with Crippen LogP contribution >= 0.6 is 0 Å². The van der Waals surface area contributed by atoms with E-state index in [0.717, 1.165) is 12.1 Å². The fourth-order valence-corrected chi connectivity index (χ4v) is 1.96. The molecule has 0 aliphatic heterocycles. The first-order valence-corrected chi connectivity index (χ1v) is 6.03. The number of nitrogens with one attached hydrogen (secondary N) is 1. The fourth-order valence-electron chi connectivity index (χ4n) is 1.96. The molecule has 2 heterocycles. The Kier molecular flexibility index (Phi) is 4.36. The zero-order valence-corrected chi connectivity index (χ0v) is 10.3. The Morgan fingerprint density at radius 3 is 2.72 bits per heavy atom. The number of rotatable bonds is 5. The van der Waals surface area contributed by atoms with Crippen LogP contribution < -0.4 is 5.32 Å². The van der Waals surface area contributed by atoms with Gasteiger partial charge in [-0.05, 0) is 30.7 Å². The van der Waals surface area contributed by atoms with Gasteiger partial charge in [-0.15, -0.1) is 0 Å². The van der Waals surface area contributed by atoms with Gasteiger partial charge in [0.1, 0.15) is 5.82 Å². The smallest absolute Gasteiger partial charge is 0.146 e. The fraction of sp³-hybridized carbons (Fsp3) is 0.286. The average molecular weight is 245 g/mol. The first-order chi connectivity index (χ1) is 8.81. The summed E-state index contributed by atoms with van der Waals surface area (Å²) in [4.78, 5) is 7.86. The maximum absolute atomic E-state index is 13.7. The summed E-state index contributed by atoms with van der Waals surface area (Å²) in [7, 11) is 0. The quantitative estimate of drug-likeness (QED) is 0.879. The molecule has 0 spiro atoms. The molecule has 1 atom stereocenters. The van der Waals surface area contributed by atoms with Gasteiger partial charge in [0, 0.05) is 30.2 Å². The number of hydrogen-bond donors (Lipinski definition) is 1. The first-order valence-electron chi connectivity index (χ1n) is 6.03. The Morgan fingerprint density at radius 1 is 1.22 bits per heavy atom. The van der Waals surface area contributed by atoms with Crippen molar-refractivity contribution in [1.29, 1.82) is 0 Å². The molecular formula is C14H16FN3. The standard InChI is InChI=1S/C14H16FN3/c1-2-18-14(8-11-4-3-6-16-9-11)12-5-7-17-10-13(12)15/h3-7,9-10,14,18H,2,8H2,1H3. The monoisotopic (exact) mass is 245 g/mol. The molecule has 2 aromatic heterocycles. The van der Waals surface area contributed by atoms with Crippen molar-refractivity contribution in [3.63, 3.8) is 0 Å². The predicted octanol–water partition coefficient (Wildman–Crippen LogP) is 2.51. The lowest BCUT2D eigenvalue weighted by Gasteiger charge is -2.18. The molecule has 0 radical (unpaired) electrons. The molecule has 0 saturated heterocycles. The molecule has 0 aliphatic rings. The molecule has 0 aliphatic carbocycles. The van der Waals surface area contributed by atoms with Crippen LogP contribution in [0.15, 0.2) is 43.0 Å². The van der Waals surface area contributed by atoms with Crippen LogP contribution in [-0.2, 0) is 6.42 Å². The molecule has 1 unspecified atom stereocenters. The zero-order chi connectivity index (χ0) is 12.8. The number of aromatic nitrogens is 2. The van der Waals surface area contributed by atoms with Crippen LogP contribution in [0.2, 0.25) is 0 Å². The summed E-state index contributed by atoms with van der Waals surface area (Å²) in [6.07, 6.45) is 7.12. The Morgan fingerprint density at radius 2 is 2.06 bits per heavy atom. The number of nitrogens with zero attached hydrogens (tertiary/aromatic N) is 2. The zero-order valence-electron chi connectivity index (χ0n) is 10.3. The van der Waals surface area contributed by atoms with Crippen LogP contribution in [0.25, 0.3) is 0 Å². The molecular weight excluding hydrogens is 229 g/mol. The van der Waals surface area contributed by atoms with Gasteiger partial charge in [0.25, 0.3) is 0 Å². The molecule has 2 rings (SSSR count). The third kappa shape index (κ3) is 3.11. The number of likely N-dealkylation sites (N-methyl/N-ethyl adjacent to an activating group) is 1. The molecule has 0 bridgehead atoms. The minimum absolute atomic E-state index is 0.0535. The molecule has 94 valence electrons. The lowest BCUT2D eigenvalue weighted by Crippen LogP contribution is -2.24. The van der Waals surface area contributed by atoms with E-state index in [0.29, 0.717) is 12.0 Å². The van der Waals surface area contributed by atoms with Crippen molar-refractivity contribution in [3.05, 3.63) is 59.9 Å². The molecule has 0 fully saturated rings. The molecule has 2 aromatic rings. The van der Waals surface area contributed by atoms with E-state index in [4.69, 9.17) is 0 Å². The molecule has 0 saturated carbocycles. The summed E-state index contributed by atoms with van der Waals surface area (Å²) in [5.41, 5.74) is 1.73. The maximum atomic E-state index is 13.7. The van der Waals surface area contributed by atoms with Crippen LogP contribution in [0.4, 0.5) is 4.39 Å². The van der Waals surface area contributed by atoms with Crippen molar-refractivity contribution in [2.75, 3.05) is 6.54 Å². The lowest BCUT2D eigenvalue weighted by molar-refractivity contribution is 0.507. The second-order valence-electron chi connectivity index (χ2n) is 4.07. The van der Waals surface area contributed by atoms with Crippen LogP contribution in [0.3, 0.4) is 0 Å². The van der Waals surface area contributed by atoms with Crippen LogP contribution in [0, 0.1) is 5.82 Å². The topological polar surface area (TPSA) is 37.8 Å². The Hall–Kier alpha value is -1.81. The molecule has 3 nitrogen and oxygen atoms in total. The molecule has 0 amide bonds. The van der Waals surface area contributed by atoms with E-state index in [1.807, 2.05) is 25.3 Å². The van der Waals surface area contributed by atoms with E-state index in [9.17, 15) is 4.39 Å². The van der Waals surface area contributed by atoms with Crippen molar-refractivity contribution in [2.24, 2.45) is 0 Å². The minimum atomic E-state index is -0.271. The SMILES string of the molecule is CCNC(Cc1cccnc1)c1ccncc1F. The van der Waals surface area contributed by atoms with E-state index in [1.165, 1.54) is 6.20 Å². The van der Waals surface area contributed by atoms with E-state index in [2.05, 4.69) is 15.3 Å². The van der Waals surface area contributed by atoms with E-state index in [1.54, 1.807) is 18.5 Å². The summed E-state index contributed by atoms with van der Waals surface area (Å²) in [5.74, 6) is -0.271. The summed E-state index contributed by atoms with van der Waals surface area (Å²) < 4.78 is 13.7. The van der Waals surface area contributed by atoms with Gasteiger partial charge >= 0.3 is 0 Å². The van der Waals surface area contributed by atoms with Gasteiger partial charge in [-0.25, -0.2) is 4.39 Å². The number of hydrogen-bond acceptors (Lipinski definition) is 3.